The maximum Gasteiger partial charge on any atom is 0.251 e. The van der Waals surface area contributed by atoms with Crippen molar-refractivity contribution < 1.29 is 13.2 Å². The molecule has 1 unspecified atom stereocenters. The molecule has 0 spiro atoms. The lowest BCUT2D eigenvalue weighted by atomic mass is 9.84. The molecule has 0 bridgehead atoms. The van der Waals surface area contributed by atoms with Gasteiger partial charge in [-0.3, -0.25) is 4.79 Å². The van der Waals surface area contributed by atoms with Crippen molar-refractivity contribution in [3.05, 3.63) is 29.8 Å². The molecule has 2 fully saturated rings. The second-order valence-electron chi connectivity index (χ2n) is 7.84. The molecule has 150 valence electrons. The van der Waals surface area contributed by atoms with Crippen LogP contribution < -0.4 is 15.8 Å². The molecule has 1 aromatic rings. The van der Waals surface area contributed by atoms with Crippen LogP contribution in [0.4, 0.5) is 0 Å². The summed E-state index contributed by atoms with van der Waals surface area (Å²) in [6, 6.07) is 6.21. The van der Waals surface area contributed by atoms with Crippen LogP contribution in [0.15, 0.2) is 29.2 Å². The van der Waals surface area contributed by atoms with Crippen LogP contribution in [0.2, 0.25) is 0 Å². The van der Waals surface area contributed by atoms with Crippen molar-refractivity contribution >= 4 is 15.9 Å². The number of rotatable bonds is 7. The predicted octanol–water partition coefficient (Wildman–Crippen LogP) is 2.54. The standard InChI is InChI=1S/C20H31N3O3S/c21-14-19(15-7-2-1-3-8-15)22-20(24)16-9-6-12-18(13-16)27(25,26)23-17-10-4-5-11-17/h6,9,12-13,15,17,19,23H,1-5,7-8,10-11,14,21H2,(H,22,24). The van der Waals surface area contributed by atoms with E-state index in [0.717, 1.165) is 38.5 Å². The first-order valence-electron chi connectivity index (χ1n) is 10.1. The zero-order valence-corrected chi connectivity index (χ0v) is 16.6. The summed E-state index contributed by atoms with van der Waals surface area (Å²) in [6.07, 6.45) is 9.63. The Hall–Kier alpha value is -1.44. The van der Waals surface area contributed by atoms with Gasteiger partial charge in [-0.05, 0) is 49.8 Å². The van der Waals surface area contributed by atoms with Gasteiger partial charge in [0, 0.05) is 24.2 Å². The molecule has 3 rings (SSSR count). The molecular weight excluding hydrogens is 362 g/mol. The van der Waals surface area contributed by atoms with E-state index < -0.39 is 10.0 Å². The number of hydrogen-bond donors (Lipinski definition) is 3. The van der Waals surface area contributed by atoms with Crippen LogP contribution in [0.5, 0.6) is 0 Å². The van der Waals surface area contributed by atoms with Gasteiger partial charge in [0.2, 0.25) is 10.0 Å². The summed E-state index contributed by atoms with van der Waals surface area (Å²) < 4.78 is 28.0. The molecular formula is C20H31N3O3S. The minimum Gasteiger partial charge on any atom is -0.348 e. The number of sulfonamides is 1. The van der Waals surface area contributed by atoms with Crippen LogP contribution in [0.1, 0.15) is 68.1 Å². The average molecular weight is 394 g/mol. The van der Waals surface area contributed by atoms with Crippen LogP contribution in [-0.4, -0.2) is 33.0 Å². The molecule has 4 N–H and O–H groups in total. The quantitative estimate of drug-likeness (QED) is 0.662. The number of benzene rings is 1. The van der Waals surface area contributed by atoms with Crippen LogP contribution in [0.3, 0.4) is 0 Å². The van der Waals surface area contributed by atoms with Crippen molar-refractivity contribution in [1.82, 2.24) is 10.0 Å². The molecule has 0 aliphatic heterocycles. The van der Waals surface area contributed by atoms with E-state index in [4.69, 9.17) is 5.73 Å². The predicted molar refractivity (Wildman–Crippen MR) is 106 cm³/mol. The van der Waals surface area contributed by atoms with Gasteiger partial charge in [0.25, 0.3) is 5.91 Å². The molecule has 1 aromatic carbocycles. The highest BCUT2D eigenvalue weighted by molar-refractivity contribution is 7.89. The summed E-state index contributed by atoms with van der Waals surface area (Å²) in [4.78, 5) is 12.8. The summed E-state index contributed by atoms with van der Waals surface area (Å²) in [7, 11) is -3.61. The zero-order valence-electron chi connectivity index (χ0n) is 15.8. The van der Waals surface area contributed by atoms with Crippen LogP contribution in [-0.2, 0) is 10.0 Å². The van der Waals surface area contributed by atoms with E-state index in [9.17, 15) is 13.2 Å². The lowest BCUT2D eigenvalue weighted by Crippen LogP contribution is -2.46. The van der Waals surface area contributed by atoms with Crippen molar-refractivity contribution in [2.24, 2.45) is 11.7 Å². The number of amides is 1. The van der Waals surface area contributed by atoms with Crippen molar-refractivity contribution in [1.29, 1.82) is 0 Å². The zero-order chi connectivity index (χ0) is 19.3. The summed E-state index contributed by atoms with van der Waals surface area (Å²) in [5, 5.41) is 3.03. The number of carbonyl (C=O) groups excluding carboxylic acids is 1. The van der Waals surface area contributed by atoms with E-state index in [-0.39, 0.29) is 22.9 Å². The van der Waals surface area contributed by atoms with E-state index in [0.29, 0.717) is 18.0 Å². The van der Waals surface area contributed by atoms with Gasteiger partial charge >= 0.3 is 0 Å². The number of carbonyl (C=O) groups is 1. The largest absolute Gasteiger partial charge is 0.348 e. The third kappa shape index (κ3) is 5.30. The SMILES string of the molecule is NCC(NC(=O)c1cccc(S(=O)(=O)NC2CCCC2)c1)C1CCCCC1. The van der Waals surface area contributed by atoms with Gasteiger partial charge in [-0.25, -0.2) is 13.1 Å². The Balaban J connectivity index is 1.69. The van der Waals surface area contributed by atoms with Crippen molar-refractivity contribution in [3.63, 3.8) is 0 Å². The number of nitrogens with two attached hydrogens (primary N) is 1. The van der Waals surface area contributed by atoms with E-state index in [2.05, 4.69) is 10.0 Å². The van der Waals surface area contributed by atoms with Crippen LogP contribution in [0.25, 0.3) is 0 Å². The molecule has 2 aliphatic rings. The third-order valence-electron chi connectivity index (χ3n) is 5.87. The van der Waals surface area contributed by atoms with Crippen molar-refractivity contribution in [2.75, 3.05) is 6.54 Å². The van der Waals surface area contributed by atoms with Gasteiger partial charge < -0.3 is 11.1 Å². The fourth-order valence-electron chi connectivity index (χ4n) is 4.29. The summed E-state index contributed by atoms with van der Waals surface area (Å²) >= 11 is 0. The summed E-state index contributed by atoms with van der Waals surface area (Å²) in [5.41, 5.74) is 6.26. The Morgan fingerprint density at radius 2 is 1.74 bits per heavy atom. The maximum absolute atomic E-state index is 12.7. The second-order valence-corrected chi connectivity index (χ2v) is 9.56. The molecule has 2 saturated carbocycles. The Kier molecular flexibility index (Phi) is 6.89. The molecule has 2 aliphatic carbocycles. The smallest absolute Gasteiger partial charge is 0.251 e. The van der Waals surface area contributed by atoms with Gasteiger partial charge in [-0.1, -0.05) is 38.2 Å². The highest BCUT2D eigenvalue weighted by atomic mass is 32.2. The molecule has 27 heavy (non-hydrogen) atoms. The Labute approximate surface area is 162 Å². The lowest BCUT2D eigenvalue weighted by molar-refractivity contribution is 0.0915. The van der Waals surface area contributed by atoms with Crippen LogP contribution in [0, 0.1) is 5.92 Å². The number of hydrogen-bond acceptors (Lipinski definition) is 4. The van der Waals surface area contributed by atoms with E-state index in [1.165, 1.54) is 31.4 Å². The normalized spacial score (nSPS) is 20.5. The van der Waals surface area contributed by atoms with E-state index >= 15 is 0 Å². The first-order chi connectivity index (χ1) is 13.0. The first-order valence-corrected chi connectivity index (χ1v) is 11.6. The molecule has 6 nitrogen and oxygen atoms in total. The van der Waals surface area contributed by atoms with E-state index in [1.807, 2.05) is 0 Å². The molecule has 0 heterocycles. The minimum atomic E-state index is -3.61. The highest BCUT2D eigenvalue weighted by Crippen LogP contribution is 2.26. The molecule has 7 heteroatoms. The summed E-state index contributed by atoms with van der Waals surface area (Å²) in [6.45, 7) is 0.400. The van der Waals surface area contributed by atoms with Crippen molar-refractivity contribution in [3.8, 4) is 0 Å². The molecule has 1 atom stereocenters. The Morgan fingerprint density at radius 3 is 2.41 bits per heavy atom. The lowest BCUT2D eigenvalue weighted by Gasteiger charge is -2.30. The minimum absolute atomic E-state index is 0.000375. The highest BCUT2D eigenvalue weighted by Gasteiger charge is 2.26. The van der Waals surface area contributed by atoms with Crippen molar-refractivity contribution in [2.45, 2.75) is 74.8 Å². The van der Waals surface area contributed by atoms with Gasteiger partial charge in [0.05, 0.1) is 4.90 Å². The second kappa shape index (κ2) is 9.17. The number of nitrogens with one attached hydrogen (secondary N) is 2. The molecule has 1 amide bonds. The van der Waals surface area contributed by atoms with Gasteiger partial charge in [-0.15, -0.1) is 0 Å². The molecule has 0 saturated heterocycles. The fraction of sp³-hybridized carbons (Fsp3) is 0.650. The first kappa shape index (κ1) is 20.3. The maximum atomic E-state index is 12.7. The van der Waals surface area contributed by atoms with E-state index in [1.54, 1.807) is 12.1 Å². The Morgan fingerprint density at radius 1 is 1.07 bits per heavy atom. The van der Waals surface area contributed by atoms with Gasteiger partial charge in [0.1, 0.15) is 0 Å². The van der Waals surface area contributed by atoms with Gasteiger partial charge in [0.15, 0.2) is 0 Å². The summed E-state index contributed by atoms with van der Waals surface area (Å²) in [5.74, 6) is 0.151. The van der Waals surface area contributed by atoms with Crippen LogP contribution >= 0.6 is 0 Å². The molecule has 0 radical (unpaired) electrons. The molecule has 0 aromatic heterocycles. The topological polar surface area (TPSA) is 101 Å². The Bertz CT molecular complexity index is 739. The third-order valence-corrected chi connectivity index (χ3v) is 7.39. The monoisotopic (exact) mass is 393 g/mol. The average Bonchev–Trinajstić information content (AvgIpc) is 3.19. The fourth-order valence-corrected chi connectivity index (χ4v) is 5.64. The van der Waals surface area contributed by atoms with Gasteiger partial charge in [-0.2, -0.15) is 0 Å².